The summed E-state index contributed by atoms with van der Waals surface area (Å²) in [5.74, 6) is 1.13. The maximum atomic E-state index is 13.1. The number of carbonyl (C=O) groups is 1. The number of hydrogen-bond acceptors (Lipinski definition) is 4. The average molecular weight is 389 g/mol. The molecule has 2 aromatic carbocycles. The normalized spacial score (nSPS) is 16.3. The highest BCUT2D eigenvalue weighted by Gasteiger charge is 2.34. The van der Waals surface area contributed by atoms with E-state index in [1.807, 2.05) is 48.2 Å². The monoisotopic (exact) mass is 389 g/mol. The van der Waals surface area contributed by atoms with E-state index in [0.29, 0.717) is 18.3 Å². The Labute approximate surface area is 171 Å². The van der Waals surface area contributed by atoms with Crippen LogP contribution in [0.1, 0.15) is 66.0 Å². The molecule has 5 nitrogen and oxygen atoms in total. The van der Waals surface area contributed by atoms with Crippen LogP contribution in [0, 0.1) is 6.92 Å². The SMILES string of the molecule is CCCCc1ccc(C(=O)N2CCCC2c2nc(-c3cccc(C)c3)no2)cc1. The van der Waals surface area contributed by atoms with Gasteiger partial charge in [0.2, 0.25) is 11.7 Å². The molecule has 0 aliphatic carbocycles. The Kier molecular flexibility index (Phi) is 5.74. The van der Waals surface area contributed by atoms with E-state index >= 15 is 0 Å². The molecule has 150 valence electrons. The summed E-state index contributed by atoms with van der Waals surface area (Å²) in [7, 11) is 0. The van der Waals surface area contributed by atoms with Gasteiger partial charge in [-0.15, -0.1) is 0 Å². The highest BCUT2D eigenvalue weighted by Crippen LogP contribution is 2.33. The van der Waals surface area contributed by atoms with Crippen molar-refractivity contribution < 1.29 is 9.32 Å². The largest absolute Gasteiger partial charge is 0.337 e. The molecule has 4 rings (SSSR count). The number of benzene rings is 2. The van der Waals surface area contributed by atoms with Crippen LogP contribution in [-0.2, 0) is 6.42 Å². The summed E-state index contributed by atoms with van der Waals surface area (Å²) in [6.45, 7) is 4.94. The standard InChI is InChI=1S/C24H27N3O2/c1-3-4-8-18-11-13-19(14-12-18)24(28)27-15-6-10-21(27)23-25-22(26-29-23)20-9-5-7-17(2)16-20/h5,7,9,11-14,16,21H,3-4,6,8,10,15H2,1-2H3. The lowest BCUT2D eigenvalue weighted by Crippen LogP contribution is -2.30. The number of hydrogen-bond donors (Lipinski definition) is 0. The topological polar surface area (TPSA) is 59.2 Å². The molecular formula is C24H27N3O2. The highest BCUT2D eigenvalue weighted by molar-refractivity contribution is 5.94. The van der Waals surface area contributed by atoms with E-state index in [0.717, 1.165) is 36.0 Å². The van der Waals surface area contributed by atoms with Crippen molar-refractivity contribution in [2.75, 3.05) is 6.54 Å². The summed E-state index contributed by atoms with van der Waals surface area (Å²) in [4.78, 5) is 19.6. The van der Waals surface area contributed by atoms with Gasteiger partial charge >= 0.3 is 0 Å². The number of aromatic nitrogens is 2. The maximum absolute atomic E-state index is 13.1. The van der Waals surface area contributed by atoms with E-state index in [2.05, 4.69) is 29.2 Å². The van der Waals surface area contributed by atoms with E-state index in [9.17, 15) is 4.79 Å². The maximum Gasteiger partial charge on any atom is 0.254 e. The number of unbranched alkanes of at least 4 members (excludes halogenated alkanes) is 1. The van der Waals surface area contributed by atoms with Crippen LogP contribution in [0.5, 0.6) is 0 Å². The Balaban J connectivity index is 1.51. The Morgan fingerprint density at radius 2 is 2.03 bits per heavy atom. The van der Waals surface area contributed by atoms with Gasteiger partial charge in [-0.2, -0.15) is 4.98 Å². The highest BCUT2D eigenvalue weighted by atomic mass is 16.5. The molecule has 1 saturated heterocycles. The summed E-state index contributed by atoms with van der Waals surface area (Å²) in [6.07, 6.45) is 5.18. The fraction of sp³-hybridized carbons (Fsp3) is 0.375. The summed E-state index contributed by atoms with van der Waals surface area (Å²) in [5, 5.41) is 4.15. The first-order valence-corrected chi connectivity index (χ1v) is 10.5. The van der Waals surface area contributed by atoms with Crippen LogP contribution >= 0.6 is 0 Å². The second kappa shape index (κ2) is 8.60. The summed E-state index contributed by atoms with van der Waals surface area (Å²) < 4.78 is 5.57. The minimum atomic E-state index is -0.159. The van der Waals surface area contributed by atoms with E-state index in [-0.39, 0.29) is 11.9 Å². The molecular weight excluding hydrogens is 362 g/mol. The summed E-state index contributed by atoms with van der Waals surface area (Å²) in [5.41, 5.74) is 4.07. The van der Waals surface area contributed by atoms with Gasteiger partial charge in [-0.3, -0.25) is 4.79 Å². The third kappa shape index (κ3) is 4.24. The fourth-order valence-electron chi connectivity index (χ4n) is 3.90. The van der Waals surface area contributed by atoms with Gasteiger partial charge in [-0.1, -0.05) is 54.4 Å². The molecule has 0 radical (unpaired) electrons. The van der Waals surface area contributed by atoms with Crippen LogP contribution in [0.3, 0.4) is 0 Å². The van der Waals surface area contributed by atoms with Crippen molar-refractivity contribution in [1.82, 2.24) is 15.0 Å². The number of aryl methyl sites for hydroxylation is 2. The Hall–Kier alpha value is -2.95. The van der Waals surface area contributed by atoms with Crippen molar-refractivity contribution in [1.29, 1.82) is 0 Å². The van der Waals surface area contributed by atoms with Crippen molar-refractivity contribution in [3.63, 3.8) is 0 Å². The first-order valence-electron chi connectivity index (χ1n) is 10.5. The molecule has 1 aliphatic heterocycles. The number of carbonyl (C=O) groups excluding carboxylic acids is 1. The van der Waals surface area contributed by atoms with E-state index in [1.165, 1.54) is 18.4 Å². The molecule has 5 heteroatoms. The van der Waals surface area contributed by atoms with Gasteiger partial charge in [0, 0.05) is 17.7 Å². The third-order valence-electron chi connectivity index (χ3n) is 5.54. The molecule has 0 saturated carbocycles. The lowest BCUT2D eigenvalue weighted by molar-refractivity contribution is 0.0710. The molecule has 1 fully saturated rings. The van der Waals surface area contributed by atoms with Crippen molar-refractivity contribution in [2.45, 2.75) is 52.0 Å². The minimum absolute atomic E-state index is 0.0323. The smallest absolute Gasteiger partial charge is 0.254 e. The van der Waals surface area contributed by atoms with Crippen molar-refractivity contribution >= 4 is 5.91 Å². The first-order chi connectivity index (χ1) is 14.2. The van der Waals surface area contributed by atoms with Crippen molar-refractivity contribution in [3.05, 3.63) is 71.1 Å². The van der Waals surface area contributed by atoms with Crippen LogP contribution in [-0.4, -0.2) is 27.5 Å². The molecule has 1 atom stereocenters. The lowest BCUT2D eigenvalue weighted by atomic mass is 10.1. The second-order valence-electron chi connectivity index (χ2n) is 7.78. The summed E-state index contributed by atoms with van der Waals surface area (Å²) >= 11 is 0. The van der Waals surface area contributed by atoms with Crippen molar-refractivity contribution in [2.24, 2.45) is 0 Å². The average Bonchev–Trinajstić information content (AvgIpc) is 3.41. The Bertz CT molecular complexity index is 978. The zero-order valence-electron chi connectivity index (χ0n) is 17.1. The van der Waals surface area contributed by atoms with Crippen LogP contribution in [0.15, 0.2) is 53.1 Å². The second-order valence-corrected chi connectivity index (χ2v) is 7.78. The Morgan fingerprint density at radius 3 is 2.79 bits per heavy atom. The van der Waals surface area contributed by atoms with Gasteiger partial charge in [-0.05, 0) is 56.4 Å². The zero-order chi connectivity index (χ0) is 20.2. The Morgan fingerprint density at radius 1 is 1.21 bits per heavy atom. The van der Waals surface area contributed by atoms with Crippen LogP contribution in [0.25, 0.3) is 11.4 Å². The number of likely N-dealkylation sites (tertiary alicyclic amines) is 1. The summed E-state index contributed by atoms with van der Waals surface area (Å²) in [6, 6.07) is 15.9. The number of rotatable bonds is 6. The van der Waals surface area contributed by atoms with Gasteiger partial charge in [-0.25, -0.2) is 0 Å². The molecule has 29 heavy (non-hydrogen) atoms. The predicted molar refractivity (Wildman–Crippen MR) is 113 cm³/mol. The zero-order valence-corrected chi connectivity index (χ0v) is 17.1. The van der Waals surface area contributed by atoms with Gasteiger partial charge in [0.15, 0.2) is 0 Å². The molecule has 3 aromatic rings. The van der Waals surface area contributed by atoms with Crippen LogP contribution < -0.4 is 0 Å². The molecule has 2 heterocycles. The first kappa shape index (κ1) is 19.4. The van der Waals surface area contributed by atoms with Gasteiger partial charge < -0.3 is 9.42 Å². The van der Waals surface area contributed by atoms with Crippen molar-refractivity contribution in [3.8, 4) is 11.4 Å². The fourth-order valence-corrected chi connectivity index (χ4v) is 3.90. The van der Waals surface area contributed by atoms with Crippen LogP contribution in [0.4, 0.5) is 0 Å². The van der Waals surface area contributed by atoms with E-state index < -0.39 is 0 Å². The van der Waals surface area contributed by atoms with E-state index in [1.54, 1.807) is 0 Å². The quantitative estimate of drug-likeness (QED) is 0.569. The molecule has 1 aliphatic rings. The van der Waals surface area contributed by atoms with Crippen LogP contribution in [0.2, 0.25) is 0 Å². The third-order valence-corrected chi connectivity index (χ3v) is 5.54. The molecule has 0 spiro atoms. The van der Waals surface area contributed by atoms with E-state index in [4.69, 9.17) is 4.52 Å². The minimum Gasteiger partial charge on any atom is -0.337 e. The van der Waals surface area contributed by atoms with Gasteiger partial charge in [0.25, 0.3) is 5.91 Å². The van der Waals surface area contributed by atoms with Gasteiger partial charge in [0.05, 0.1) is 0 Å². The lowest BCUT2D eigenvalue weighted by Gasteiger charge is -2.22. The number of amides is 1. The molecule has 1 unspecified atom stereocenters. The molecule has 1 amide bonds. The molecule has 1 aromatic heterocycles. The molecule has 0 bridgehead atoms. The van der Waals surface area contributed by atoms with Gasteiger partial charge in [0.1, 0.15) is 6.04 Å². The number of nitrogens with zero attached hydrogens (tertiary/aromatic N) is 3. The molecule has 0 N–H and O–H groups in total. The predicted octanol–water partition coefficient (Wildman–Crippen LogP) is 5.36.